The van der Waals surface area contributed by atoms with Crippen LogP contribution in [0.5, 0.6) is 0 Å². The van der Waals surface area contributed by atoms with Crippen molar-refractivity contribution in [3.63, 3.8) is 0 Å². The average Bonchev–Trinajstić information content (AvgIpc) is 2.79. The van der Waals surface area contributed by atoms with E-state index in [1.54, 1.807) is 6.20 Å². The van der Waals surface area contributed by atoms with E-state index in [9.17, 15) is 4.79 Å². The molecule has 2 heterocycles. The van der Waals surface area contributed by atoms with E-state index in [4.69, 9.17) is 0 Å². The Bertz CT molecular complexity index is 590. The number of aromatic amines is 1. The van der Waals surface area contributed by atoms with Gasteiger partial charge in [-0.3, -0.25) is 9.89 Å². The van der Waals surface area contributed by atoms with Crippen LogP contribution in [0, 0.1) is 0 Å². The lowest BCUT2D eigenvalue weighted by Gasteiger charge is -2.27. The maximum atomic E-state index is 12.6. The minimum atomic E-state index is 0.144. The molecule has 1 aromatic carbocycles. The van der Waals surface area contributed by atoms with Gasteiger partial charge in [0.2, 0.25) is 0 Å². The Balaban J connectivity index is 1.88. The highest BCUT2D eigenvalue weighted by molar-refractivity contribution is 5.97. The SMILES string of the molecule is CC1CCCCCN1C(=O)c1ccc2cn[nH]c2c1. The zero-order valence-corrected chi connectivity index (χ0v) is 11.2. The van der Waals surface area contributed by atoms with Crippen LogP contribution in [0.1, 0.15) is 43.0 Å². The van der Waals surface area contributed by atoms with E-state index in [2.05, 4.69) is 17.1 Å². The molecule has 4 nitrogen and oxygen atoms in total. The molecule has 1 saturated heterocycles. The van der Waals surface area contributed by atoms with E-state index in [0.29, 0.717) is 6.04 Å². The number of H-pyrrole nitrogens is 1. The first-order chi connectivity index (χ1) is 9.25. The van der Waals surface area contributed by atoms with E-state index in [1.807, 2.05) is 23.1 Å². The van der Waals surface area contributed by atoms with Gasteiger partial charge in [-0.2, -0.15) is 5.10 Å². The van der Waals surface area contributed by atoms with Gasteiger partial charge in [-0.25, -0.2) is 0 Å². The van der Waals surface area contributed by atoms with Gasteiger partial charge in [0.05, 0.1) is 11.7 Å². The van der Waals surface area contributed by atoms with Gasteiger partial charge in [0.1, 0.15) is 0 Å². The summed E-state index contributed by atoms with van der Waals surface area (Å²) in [7, 11) is 0. The normalized spacial score (nSPS) is 20.5. The van der Waals surface area contributed by atoms with Crippen molar-refractivity contribution in [1.82, 2.24) is 15.1 Å². The molecular formula is C15H19N3O. The minimum absolute atomic E-state index is 0.144. The van der Waals surface area contributed by atoms with E-state index in [-0.39, 0.29) is 5.91 Å². The number of fused-ring (bicyclic) bond motifs is 1. The van der Waals surface area contributed by atoms with Crippen LogP contribution >= 0.6 is 0 Å². The van der Waals surface area contributed by atoms with Crippen molar-refractivity contribution >= 4 is 16.8 Å². The fourth-order valence-corrected chi connectivity index (χ4v) is 2.81. The van der Waals surface area contributed by atoms with Crippen molar-refractivity contribution in [2.75, 3.05) is 6.54 Å². The first-order valence-corrected chi connectivity index (χ1v) is 7.00. The zero-order valence-electron chi connectivity index (χ0n) is 11.2. The highest BCUT2D eigenvalue weighted by Crippen LogP contribution is 2.20. The molecule has 2 aromatic rings. The molecule has 100 valence electrons. The second-order valence-electron chi connectivity index (χ2n) is 5.37. The Morgan fingerprint density at radius 3 is 3.16 bits per heavy atom. The molecule has 0 bridgehead atoms. The van der Waals surface area contributed by atoms with Crippen molar-refractivity contribution in [3.05, 3.63) is 30.0 Å². The van der Waals surface area contributed by atoms with Gasteiger partial charge < -0.3 is 4.90 Å². The number of hydrogen-bond acceptors (Lipinski definition) is 2. The van der Waals surface area contributed by atoms with Gasteiger partial charge >= 0.3 is 0 Å². The van der Waals surface area contributed by atoms with Gasteiger partial charge in [-0.05, 0) is 31.9 Å². The summed E-state index contributed by atoms with van der Waals surface area (Å²) in [6.45, 7) is 3.03. The van der Waals surface area contributed by atoms with Gasteiger partial charge in [0.25, 0.3) is 5.91 Å². The number of carbonyl (C=O) groups excluding carboxylic acids is 1. The van der Waals surface area contributed by atoms with Gasteiger partial charge in [0, 0.05) is 23.5 Å². The summed E-state index contributed by atoms with van der Waals surface area (Å²) in [5.41, 5.74) is 1.68. The lowest BCUT2D eigenvalue weighted by Crippen LogP contribution is -2.38. The van der Waals surface area contributed by atoms with Crippen molar-refractivity contribution in [3.8, 4) is 0 Å². The Morgan fingerprint density at radius 2 is 2.26 bits per heavy atom. The maximum absolute atomic E-state index is 12.6. The Hall–Kier alpha value is -1.84. The molecule has 19 heavy (non-hydrogen) atoms. The third kappa shape index (κ3) is 2.35. The molecule has 1 aliphatic rings. The molecule has 1 fully saturated rings. The number of amides is 1. The standard InChI is InChI=1S/C15H19N3O/c1-11-5-3-2-4-8-18(11)15(19)12-6-7-13-10-16-17-14(13)9-12/h6-7,9-11H,2-5,8H2,1H3,(H,16,17). The fourth-order valence-electron chi connectivity index (χ4n) is 2.81. The van der Waals surface area contributed by atoms with Crippen molar-refractivity contribution in [2.45, 2.75) is 38.6 Å². The van der Waals surface area contributed by atoms with E-state index in [0.717, 1.165) is 35.9 Å². The highest BCUT2D eigenvalue weighted by Gasteiger charge is 2.23. The van der Waals surface area contributed by atoms with Gasteiger partial charge in [0.15, 0.2) is 0 Å². The molecule has 3 rings (SSSR count). The predicted octanol–water partition coefficient (Wildman–Crippen LogP) is 2.97. The lowest BCUT2D eigenvalue weighted by atomic mass is 10.1. The van der Waals surface area contributed by atoms with Crippen LogP contribution in [0.2, 0.25) is 0 Å². The molecule has 0 saturated carbocycles. The molecule has 1 amide bonds. The number of hydrogen-bond donors (Lipinski definition) is 1. The third-order valence-corrected chi connectivity index (χ3v) is 4.00. The smallest absolute Gasteiger partial charge is 0.254 e. The molecule has 0 spiro atoms. The summed E-state index contributed by atoms with van der Waals surface area (Å²) in [5.74, 6) is 0.144. The van der Waals surface area contributed by atoms with Crippen LogP contribution in [-0.4, -0.2) is 33.6 Å². The number of aromatic nitrogens is 2. The number of nitrogens with one attached hydrogen (secondary N) is 1. The Kier molecular flexibility index (Phi) is 3.23. The highest BCUT2D eigenvalue weighted by atomic mass is 16.2. The zero-order chi connectivity index (χ0) is 13.2. The number of rotatable bonds is 1. The van der Waals surface area contributed by atoms with Crippen LogP contribution in [0.15, 0.2) is 24.4 Å². The molecule has 1 aliphatic heterocycles. The second-order valence-corrected chi connectivity index (χ2v) is 5.37. The summed E-state index contributed by atoms with van der Waals surface area (Å²) >= 11 is 0. The number of nitrogens with zero attached hydrogens (tertiary/aromatic N) is 2. The molecule has 1 atom stereocenters. The molecular weight excluding hydrogens is 238 g/mol. The molecule has 1 aromatic heterocycles. The first kappa shape index (κ1) is 12.2. The third-order valence-electron chi connectivity index (χ3n) is 4.00. The summed E-state index contributed by atoms with van der Waals surface area (Å²) < 4.78 is 0. The van der Waals surface area contributed by atoms with Crippen LogP contribution in [0.25, 0.3) is 10.9 Å². The monoisotopic (exact) mass is 257 g/mol. The lowest BCUT2D eigenvalue weighted by molar-refractivity contribution is 0.0698. The van der Waals surface area contributed by atoms with Crippen LogP contribution in [0.4, 0.5) is 0 Å². The average molecular weight is 257 g/mol. The van der Waals surface area contributed by atoms with Crippen LogP contribution in [-0.2, 0) is 0 Å². The second kappa shape index (κ2) is 5.03. The van der Waals surface area contributed by atoms with Gasteiger partial charge in [-0.1, -0.05) is 18.9 Å². The predicted molar refractivity (Wildman–Crippen MR) is 75.1 cm³/mol. The molecule has 1 unspecified atom stereocenters. The van der Waals surface area contributed by atoms with Crippen molar-refractivity contribution < 1.29 is 4.79 Å². The van der Waals surface area contributed by atoms with Crippen LogP contribution < -0.4 is 0 Å². The molecule has 0 radical (unpaired) electrons. The van der Waals surface area contributed by atoms with Gasteiger partial charge in [-0.15, -0.1) is 0 Å². The Morgan fingerprint density at radius 1 is 1.37 bits per heavy atom. The summed E-state index contributed by atoms with van der Waals surface area (Å²) in [6, 6.07) is 6.10. The fraction of sp³-hybridized carbons (Fsp3) is 0.467. The molecule has 4 heteroatoms. The Labute approximate surface area is 112 Å². The summed E-state index contributed by atoms with van der Waals surface area (Å²) in [6.07, 6.45) is 6.46. The number of likely N-dealkylation sites (tertiary alicyclic amines) is 1. The van der Waals surface area contributed by atoms with E-state index in [1.165, 1.54) is 12.8 Å². The van der Waals surface area contributed by atoms with Crippen molar-refractivity contribution in [2.24, 2.45) is 0 Å². The number of carbonyl (C=O) groups is 1. The minimum Gasteiger partial charge on any atom is -0.336 e. The number of benzene rings is 1. The van der Waals surface area contributed by atoms with E-state index >= 15 is 0 Å². The van der Waals surface area contributed by atoms with Crippen LogP contribution in [0.3, 0.4) is 0 Å². The quantitative estimate of drug-likeness (QED) is 0.853. The largest absolute Gasteiger partial charge is 0.336 e. The summed E-state index contributed by atoms with van der Waals surface area (Å²) in [4.78, 5) is 14.6. The molecule has 1 N–H and O–H groups in total. The molecule has 0 aliphatic carbocycles. The maximum Gasteiger partial charge on any atom is 0.254 e. The topological polar surface area (TPSA) is 49.0 Å². The van der Waals surface area contributed by atoms with E-state index < -0.39 is 0 Å². The summed E-state index contributed by atoms with van der Waals surface area (Å²) in [5, 5.41) is 7.96. The first-order valence-electron chi connectivity index (χ1n) is 7.00. The van der Waals surface area contributed by atoms with Crippen molar-refractivity contribution in [1.29, 1.82) is 0 Å².